The predicted molar refractivity (Wildman–Crippen MR) is 116 cm³/mol. The average Bonchev–Trinajstić information content (AvgIpc) is 2.71. The third kappa shape index (κ3) is 6.23. The minimum atomic E-state index is -0.107. The molecule has 0 radical (unpaired) electrons. The summed E-state index contributed by atoms with van der Waals surface area (Å²) in [6.07, 6.45) is 5.38. The van der Waals surface area contributed by atoms with E-state index in [1.807, 2.05) is 31.1 Å². The summed E-state index contributed by atoms with van der Waals surface area (Å²) in [7, 11) is 3.84. The first-order valence-electron chi connectivity index (χ1n) is 10.6. The largest absolute Gasteiger partial charge is 0.377 e. The van der Waals surface area contributed by atoms with Gasteiger partial charge >= 0.3 is 0 Å². The quantitative estimate of drug-likeness (QED) is 0.681. The standard InChI is InChI=1S/C22H36N4O2/c1-5-26(6-2)15-14-23-22(28)19-16-18(12-13-20(19)25(3)4)24-21(27)17-10-8-7-9-11-17/h12-13,16-17H,5-11,14-15H2,1-4H3,(H,23,28)(H,24,27). The van der Waals surface area contributed by atoms with Gasteiger partial charge in [0.15, 0.2) is 0 Å². The number of amides is 2. The topological polar surface area (TPSA) is 64.7 Å². The molecule has 0 heterocycles. The van der Waals surface area contributed by atoms with Crippen LogP contribution in [0.3, 0.4) is 0 Å². The van der Waals surface area contributed by atoms with Crippen molar-refractivity contribution in [2.24, 2.45) is 5.92 Å². The SMILES string of the molecule is CCN(CC)CCNC(=O)c1cc(NC(=O)C2CCCCC2)ccc1N(C)C. The van der Waals surface area contributed by atoms with Crippen LogP contribution in [0, 0.1) is 5.92 Å². The molecule has 2 rings (SSSR count). The van der Waals surface area contributed by atoms with Crippen molar-refractivity contribution in [1.29, 1.82) is 0 Å². The first-order valence-corrected chi connectivity index (χ1v) is 10.6. The molecule has 0 unspecified atom stereocenters. The number of anilines is 2. The third-order valence-electron chi connectivity index (χ3n) is 5.57. The van der Waals surface area contributed by atoms with Gasteiger partial charge in [0.05, 0.1) is 5.56 Å². The number of likely N-dealkylation sites (N-methyl/N-ethyl adjacent to an activating group) is 1. The molecule has 0 saturated heterocycles. The molecule has 1 saturated carbocycles. The number of benzene rings is 1. The average molecular weight is 389 g/mol. The third-order valence-corrected chi connectivity index (χ3v) is 5.57. The molecule has 0 bridgehead atoms. The fourth-order valence-electron chi connectivity index (χ4n) is 3.76. The van der Waals surface area contributed by atoms with Gasteiger partial charge in [-0.3, -0.25) is 9.59 Å². The molecular weight excluding hydrogens is 352 g/mol. The van der Waals surface area contributed by atoms with Gasteiger partial charge in [-0.15, -0.1) is 0 Å². The lowest BCUT2D eigenvalue weighted by atomic mass is 9.88. The van der Waals surface area contributed by atoms with Crippen molar-refractivity contribution >= 4 is 23.2 Å². The van der Waals surface area contributed by atoms with Gasteiger partial charge in [0.25, 0.3) is 5.91 Å². The van der Waals surface area contributed by atoms with Gasteiger partial charge < -0.3 is 20.4 Å². The van der Waals surface area contributed by atoms with E-state index >= 15 is 0 Å². The summed E-state index contributed by atoms with van der Waals surface area (Å²) in [5.74, 6) is 0.0587. The lowest BCUT2D eigenvalue weighted by molar-refractivity contribution is -0.120. The summed E-state index contributed by atoms with van der Waals surface area (Å²) < 4.78 is 0. The number of hydrogen-bond donors (Lipinski definition) is 2. The number of nitrogens with one attached hydrogen (secondary N) is 2. The molecule has 1 aliphatic carbocycles. The molecular formula is C22H36N4O2. The maximum atomic E-state index is 12.8. The van der Waals surface area contributed by atoms with Gasteiger partial charge in [0.1, 0.15) is 0 Å². The molecule has 6 heteroatoms. The molecule has 28 heavy (non-hydrogen) atoms. The Balaban J connectivity index is 2.07. The molecule has 1 fully saturated rings. The number of carbonyl (C=O) groups is 2. The van der Waals surface area contributed by atoms with Crippen molar-refractivity contribution in [3.63, 3.8) is 0 Å². The Hall–Kier alpha value is -2.08. The van der Waals surface area contributed by atoms with Crippen molar-refractivity contribution in [3.8, 4) is 0 Å². The zero-order valence-corrected chi connectivity index (χ0v) is 17.9. The van der Waals surface area contributed by atoms with E-state index in [1.54, 1.807) is 6.07 Å². The van der Waals surface area contributed by atoms with Gasteiger partial charge in [0, 0.05) is 44.5 Å². The fourth-order valence-corrected chi connectivity index (χ4v) is 3.76. The van der Waals surface area contributed by atoms with Crippen LogP contribution in [0.2, 0.25) is 0 Å². The van der Waals surface area contributed by atoms with Crippen molar-refractivity contribution in [2.75, 3.05) is 50.5 Å². The maximum absolute atomic E-state index is 12.8. The Labute approximate surface area is 169 Å². The summed E-state index contributed by atoms with van der Waals surface area (Å²) >= 11 is 0. The molecule has 0 aromatic heterocycles. The molecule has 2 N–H and O–H groups in total. The van der Waals surface area contributed by atoms with Crippen LogP contribution in [0.1, 0.15) is 56.3 Å². The Morgan fingerprint density at radius 1 is 1.07 bits per heavy atom. The van der Waals surface area contributed by atoms with E-state index in [9.17, 15) is 9.59 Å². The van der Waals surface area contributed by atoms with Crippen LogP contribution in [0.15, 0.2) is 18.2 Å². The highest BCUT2D eigenvalue weighted by molar-refractivity contribution is 6.02. The normalized spacial score (nSPS) is 14.8. The van der Waals surface area contributed by atoms with E-state index in [1.165, 1.54) is 6.42 Å². The minimum absolute atomic E-state index is 0.0743. The van der Waals surface area contributed by atoms with Crippen LogP contribution in [0.4, 0.5) is 11.4 Å². The minimum Gasteiger partial charge on any atom is -0.377 e. The van der Waals surface area contributed by atoms with E-state index in [2.05, 4.69) is 29.4 Å². The second-order valence-corrected chi connectivity index (χ2v) is 7.73. The lowest BCUT2D eigenvalue weighted by Crippen LogP contribution is -2.35. The zero-order chi connectivity index (χ0) is 20.5. The molecule has 156 valence electrons. The summed E-state index contributed by atoms with van der Waals surface area (Å²) in [6, 6.07) is 5.57. The fraction of sp³-hybridized carbons (Fsp3) is 0.636. The van der Waals surface area contributed by atoms with Gasteiger partial charge in [-0.2, -0.15) is 0 Å². The monoisotopic (exact) mass is 388 g/mol. The van der Waals surface area contributed by atoms with Crippen LogP contribution in [0.5, 0.6) is 0 Å². The van der Waals surface area contributed by atoms with Gasteiger partial charge in [-0.05, 0) is 44.1 Å². The summed E-state index contributed by atoms with van der Waals surface area (Å²) in [5, 5.41) is 6.04. The maximum Gasteiger partial charge on any atom is 0.253 e. The lowest BCUT2D eigenvalue weighted by Gasteiger charge is -2.22. The zero-order valence-electron chi connectivity index (χ0n) is 17.9. The van der Waals surface area contributed by atoms with E-state index in [4.69, 9.17) is 0 Å². The van der Waals surface area contributed by atoms with Crippen LogP contribution in [0.25, 0.3) is 0 Å². The molecule has 1 aromatic rings. The summed E-state index contributed by atoms with van der Waals surface area (Å²) in [6.45, 7) is 7.61. The Kier molecular flexibility index (Phi) is 8.77. The Morgan fingerprint density at radius 2 is 1.75 bits per heavy atom. The number of nitrogens with zero attached hydrogens (tertiary/aromatic N) is 2. The van der Waals surface area contributed by atoms with E-state index in [0.717, 1.165) is 51.0 Å². The van der Waals surface area contributed by atoms with Gasteiger partial charge in [0.2, 0.25) is 5.91 Å². The smallest absolute Gasteiger partial charge is 0.253 e. The molecule has 1 aliphatic rings. The molecule has 1 aromatic carbocycles. The second-order valence-electron chi connectivity index (χ2n) is 7.73. The van der Waals surface area contributed by atoms with Crippen LogP contribution in [-0.2, 0) is 4.79 Å². The van der Waals surface area contributed by atoms with E-state index in [0.29, 0.717) is 17.8 Å². The first kappa shape index (κ1) is 22.2. The highest BCUT2D eigenvalue weighted by Crippen LogP contribution is 2.27. The van der Waals surface area contributed by atoms with E-state index in [-0.39, 0.29) is 17.7 Å². The summed E-state index contributed by atoms with van der Waals surface area (Å²) in [5.41, 5.74) is 2.12. The van der Waals surface area contributed by atoms with Crippen molar-refractivity contribution < 1.29 is 9.59 Å². The predicted octanol–water partition coefficient (Wildman–Crippen LogP) is 3.34. The highest BCUT2D eigenvalue weighted by Gasteiger charge is 2.22. The number of hydrogen-bond acceptors (Lipinski definition) is 4. The van der Waals surface area contributed by atoms with Gasteiger partial charge in [-0.1, -0.05) is 33.1 Å². The molecule has 0 spiro atoms. The Morgan fingerprint density at radius 3 is 2.36 bits per heavy atom. The Bertz CT molecular complexity index is 650. The summed E-state index contributed by atoms with van der Waals surface area (Å²) in [4.78, 5) is 29.5. The molecule has 2 amide bonds. The van der Waals surface area contributed by atoms with Crippen LogP contribution < -0.4 is 15.5 Å². The van der Waals surface area contributed by atoms with Crippen molar-refractivity contribution in [1.82, 2.24) is 10.2 Å². The van der Waals surface area contributed by atoms with Crippen LogP contribution >= 0.6 is 0 Å². The highest BCUT2D eigenvalue weighted by atomic mass is 16.2. The number of carbonyl (C=O) groups excluding carboxylic acids is 2. The van der Waals surface area contributed by atoms with E-state index < -0.39 is 0 Å². The van der Waals surface area contributed by atoms with Crippen LogP contribution in [-0.4, -0.2) is 57.0 Å². The van der Waals surface area contributed by atoms with Gasteiger partial charge in [-0.25, -0.2) is 0 Å². The number of rotatable bonds is 9. The molecule has 0 atom stereocenters. The molecule has 6 nitrogen and oxygen atoms in total. The second kappa shape index (κ2) is 11.1. The molecule has 0 aliphatic heterocycles. The first-order chi connectivity index (χ1) is 13.5. The van der Waals surface area contributed by atoms with Crippen molar-refractivity contribution in [3.05, 3.63) is 23.8 Å². The van der Waals surface area contributed by atoms with Crippen molar-refractivity contribution in [2.45, 2.75) is 46.0 Å².